The van der Waals surface area contributed by atoms with Crippen LogP contribution in [-0.4, -0.2) is 37.5 Å². The summed E-state index contributed by atoms with van der Waals surface area (Å²) in [5, 5.41) is 10.3. The highest BCUT2D eigenvalue weighted by molar-refractivity contribution is 6.20. The number of ketones is 1. The van der Waals surface area contributed by atoms with Crippen LogP contribution in [-0.2, 0) is 4.79 Å². The highest BCUT2D eigenvalue weighted by atomic mass is 19.4. The molecule has 5 nitrogen and oxygen atoms in total. The lowest BCUT2D eigenvalue weighted by molar-refractivity contribution is -0.165. The number of benzene rings is 2. The first-order valence-electron chi connectivity index (χ1n) is 7.64. The van der Waals surface area contributed by atoms with Gasteiger partial charge in [-0.3, -0.25) is 9.79 Å². The number of carbonyl (C=O) groups excluding carboxylic acids is 1. The summed E-state index contributed by atoms with van der Waals surface area (Å²) >= 11 is 0. The number of halogens is 3. The first-order valence-corrected chi connectivity index (χ1v) is 7.64. The van der Waals surface area contributed by atoms with Crippen molar-refractivity contribution in [1.82, 2.24) is 0 Å². The topological polar surface area (TPSA) is 68.1 Å². The number of hydrogen-bond acceptors (Lipinski definition) is 5. The summed E-state index contributed by atoms with van der Waals surface area (Å²) in [4.78, 5) is 15.7. The lowest BCUT2D eigenvalue weighted by Crippen LogP contribution is -2.26. The molecule has 142 valence electrons. The van der Waals surface area contributed by atoms with E-state index in [1.807, 2.05) is 0 Å². The van der Waals surface area contributed by atoms with Gasteiger partial charge in [-0.25, -0.2) is 0 Å². The molecule has 0 unspecified atom stereocenters. The Balaban J connectivity index is 2.53. The molecular formula is C19H16F3NO4. The van der Waals surface area contributed by atoms with Crippen LogP contribution >= 0.6 is 0 Å². The van der Waals surface area contributed by atoms with E-state index in [9.17, 15) is 23.1 Å². The van der Waals surface area contributed by atoms with Crippen molar-refractivity contribution in [3.63, 3.8) is 0 Å². The molecule has 2 aromatic rings. The fraction of sp³-hybridized carbons (Fsp3) is 0.158. The van der Waals surface area contributed by atoms with Gasteiger partial charge in [0.15, 0.2) is 0 Å². The van der Waals surface area contributed by atoms with Crippen molar-refractivity contribution in [2.45, 2.75) is 6.18 Å². The third-order valence-electron chi connectivity index (χ3n) is 3.54. The van der Waals surface area contributed by atoms with E-state index in [0.29, 0.717) is 17.7 Å². The Kier molecular flexibility index (Phi) is 6.23. The average Bonchev–Trinajstić information content (AvgIpc) is 2.67. The van der Waals surface area contributed by atoms with Gasteiger partial charge in [0.2, 0.25) is 0 Å². The summed E-state index contributed by atoms with van der Waals surface area (Å²) in [5.41, 5.74) is -0.775. The number of ether oxygens (including phenoxy) is 2. The quantitative estimate of drug-likeness (QED) is 0.456. The molecule has 0 aliphatic carbocycles. The molecule has 0 radical (unpaired) electrons. The van der Waals surface area contributed by atoms with Crippen LogP contribution in [0.4, 0.5) is 18.9 Å². The van der Waals surface area contributed by atoms with Crippen molar-refractivity contribution in [1.29, 1.82) is 0 Å². The highest BCUT2D eigenvalue weighted by Crippen LogP contribution is 2.29. The van der Waals surface area contributed by atoms with Crippen LogP contribution in [0.25, 0.3) is 5.76 Å². The maximum atomic E-state index is 13.0. The lowest BCUT2D eigenvalue weighted by Gasteiger charge is -2.10. The van der Waals surface area contributed by atoms with Crippen LogP contribution in [0.15, 0.2) is 59.1 Å². The van der Waals surface area contributed by atoms with Crippen LogP contribution in [0.1, 0.15) is 5.56 Å². The summed E-state index contributed by atoms with van der Waals surface area (Å²) < 4.78 is 48.9. The SMILES string of the molecule is COc1ccc(/C(O)=C(\C=Nc2ccccc2OC)C(=O)C(F)(F)F)cc1. The molecule has 0 aromatic heterocycles. The van der Waals surface area contributed by atoms with Gasteiger partial charge in [0, 0.05) is 11.8 Å². The van der Waals surface area contributed by atoms with Gasteiger partial charge in [-0.2, -0.15) is 13.2 Å². The summed E-state index contributed by atoms with van der Waals surface area (Å²) in [7, 11) is 2.80. The zero-order valence-corrected chi connectivity index (χ0v) is 14.4. The van der Waals surface area contributed by atoms with Crippen molar-refractivity contribution in [3.05, 3.63) is 59.7 Å². The van der Waals surface area contributed by atoms with E-state index in [0.717, 1.165) is 0 Å². The normalized spacial score (nSPS) is 12.6. The number of rotatable bonds is 6. The first kappa shape index (κ1) is 20.0. The summed E-state index contributed by atoms with van der Waals surface area (Å²) in [6.45, 7) is 0. The van der Waals surface area contributed by atoms with Crippen molar-refractivity contribution in [2.75, 3.05) is 14.2 Å². The van der Waals surface area contributed by atoms with Gasteiger partial charge < -0.3 is 14.6 Å². The number of para-hydroxylation sites is 2. The van der Waals surface area contributed by atoms with Gasteiger partial charge >= 0.3 is 6.18 Å². The van der Waals surface area contributed by atoms with E-state index in [1.54, 1.807) is 18.2 Å². The fourth-order valence-corrected chi connectivity index (χ4v) is 2.15. The Morgan fingerprint density at radius 1 is 1.04 bits per heavy atom. The van der Waals surface area contributed by atoms with E-state index in [1.165, 1.54) is 44.6 Å². The molecule has 0 heterocycles. The maximum absolute atomic E-state index is 13.0. The summed E-state index contributed by atoms with van der Waals surface area (Å²) in [6, 6.07) is 11.9. The Hall–Kier alpha value is -3.29. The van der Waals surface area contributed by atoms with Gasteiger partial charge in [-0.05, 0) is 36.4 Å². The zero-order valence-electron chi connectivity index (χ0n) is 14.4. The van der Waals surface area contributed by atoms with E-state index in [-0.39, 0.29) is 11.3 Å². The highest BCUT2D eigenvalue weighted by Gasteiger charge is 2.41. The molecule has 2 aromatic carbocycles. The van der Waals surface area contributed by atoms with E-state index >= 15 is 0 Å². The maximum Gasteiger partial charge on any atom is 0.455 e. The molecule has 0 spiro atoms. The van der Waals surface area contributed by atoms with E-state index < -0.39 is 23.3 Å². The smallest absolute Gasteiger partial charge is 0.455 e. The van der Waals surface area contributed by atoms with Crippen LogP contribution in [0.3, 0.4) is 0 Å². The molecule has 27 heavy (non-hydrogen) atoms. The number of alkyl halides is 3. The third kappa shape index (κ3) is 4.87. The van der Waals surface area contributed by atoms with Crippen LogP contribution in [0.5, 0.6) is 11.5 Å². The summed E-state index contributed by atoms with van der Waals surface area (Å²) in [6.07, 6.45) is -4.50. The van der Waals surface area contributed by atoms with Crippen LogP contribution < -0.4 is 9.47 Å². The van der Waals surface area contributed by atoms with Gasteiger partial charge in [-0.15, -0.1) is 0 Å². The molecule has 0 saturated carbocycles. The van der Waals surface area contributed by atoms with Crippen molar-refractivity contribution >= 4 is 23.4 Å². The number of aliphatic hydroxyl groups is 1. The Morgan fingerprint density at radius 2 is 1.67 bits per heavy atom. The van der Waals surface area contributed by atoms with Crippen molar-refractivity contribution in [3.8, 4) is 11.5 Å². The predicted molar refractivity (Wildman–Crippen MR) is 94.8 cm³/mol. The molecular weight excluding hydrogens is 363 g/mol. The minimum atomic E-state index is -5.18. The first-order chi connectivity index (χ1) is 12.8. The number of methoxy groups -OCH3 is 2. The monoisotopic (exact) mass is 379 g/mol. The number of allylic oxidation sites excluding steroid dienone is 1. The number of aliphatic imine (C=N–C) groups is 1. The molecule has 0 saturated heterocycles. The zero-order chi connectivity index (χ0) is 20.0. The number of Topliss-reactive ketones (excluding diaryl/α,β-unsaturated/α-hetero) is 1. The van der Waals surface area contributed by atoms with Crippen molar-refractivity contribution in [2.24, 2.45) is 4.99 Å². The summed E-state index contributed by atoms with van der Waals surface area (Å²) in [5.74, 6) is -2.32. The molecule has 2 rings (SSSR count). The van der Waals surface area contributed by atoms with Crippen molar-refractivity contribution < 1.29 is 32.5 Å². The molecule has 0 aliphatic heterocycles. The standard InChI is InChI=1S/C19H16F3NO4/c1-26-13-9-7-12(8-10-13)17(24)14(18(25)19(20,21)22)11-23-15-5-3-4-6-16(15)27-2/h3-11,24H,1-2H3/b17-14-,23-11?. The fourth-order valence-electron chi connectivity index (χ4n) is 2.15. The number of nitrogens with zero attached hydrogens (tertiary/aromatic N) is 1. The van der Waals surface area contributed by atoms with Crippen LogP contribution in [0, 0.1) is 0 Å². The Morgan fingerprint density at radius 3 is 2.22 bits per heavy atom. The molecule has 0 aliphatic rings. The number of aliphatic hydroxyl groups excluding tert-OH is 1. The van der Waals surface area contributed by atoms with E-state index in [4.69, 9.17) is 9.47 Å². The molecule has 0 atom stereocenters. The van der Waals surface area contributed by atoms with Gasteiger partial charge in [0.25, 0.3) is 5.78 Å². The minimum absolute atomic E-state index is 0.00915. The Bertz CT molecular complexity index is 871. The second-order valence-corrected chi connectivity index (χ2v) is 5.25. The number of hydrogen-bond donors (Lipinski definition) is 1. The lowest BCUT2D eigenvalue weighted by atomic mass is 10.0. The molecule has 8 heteroatoms. The predicted octanol–water partition coefficient (Wildman–Crippen LogP) is 4.51. The van der Waals surface area contributed by atoms with Gasteiger partial charge in [0.1, 0.15) is 22.9 Å². The molecule has 1 N–H and O–H groups in total. The minimum Gasteiger partial charge on any atom is -0.506 e. The third-order valence-corrected chi connectivity index (χ3v) is 3.54. The van der Waals surface area contributed by atoms with Gasteiger partial charge in [0.05, 0.1) is 19.8 Å². The number of carbonyl (C=O) groups is 1. The second-order valence-electron chi connectivity index (χ2n) is 5.25. The molecule has 0 bridgehead atoms. The molecule has 0 amide bonds. The van der Waals surface area contributed by atoms with Crippen LogP contribution in [0.2, 0.25) is 0 Å². The largest absolute Gasteiger partial charge is 0.506 e. The molecule has 0 fully saturated rings. The Labute approximate surface area is 153 Å². The average molecular weight is 379 g/mol. The van der Waals surface area contributed by atoms with Gasteiger partial charge in [-0.1, -0.05) is 12.1 Å². The van der Waals surface area contributed by atoms with E-state index in [2.05, 4.69) is 4.99 Å². The second kappa shape index (κ2) is 8.39.